The van der Waals surface area contributed by atoms with Gasteiger partial charge in [0.05, 0.1) is 5.75 Å². The van der Waals surface area contributed by atoms with Gasteiger partial charge in [-0.05, 0) is 6.42 Å². The van der Waals surface area contributed by atoms with E-state index in [4.69, 9.17) is 17.3 Å². The predicted molar refractivity (Wildman–Crippen MR) is 96.1 cm³/mol. The summed E-state index contributed by atoms with van der Waals surface area (Å²) >= 11 is 8.21. The van der Waals surface area contributed by atoms with Gasteiger partial charge in [-0.15, -0.1) is 11.6 Å². The molecular formula is C15H16ClN3O2S2. The van der Waals surface area contributed by atoms with Gasteiger partial charge in [-0.25, -0.2) is 4.98 Å². The van der Waals surface area contributed by atoms with E-state index >= 15 is 0 Å². The lowest BCUT2D eigenvalue weighted by atomic mass is 10.2. The lowest BCUT2D eigenvalue weighted by molar-refractivity contribution is -0.116. The van der Waals surface area contributed by atoms with Crippen LogP contribution in [0.3, 0.4) is 0 Å². The number of benzene rings is 1. The molecule has 0 radical (unpaired) electrons. The number of nitrogens with two attached hydrogens (primary N) is 1. The standard InChI is InChI=1S/C15H16ClN3O2S2/c16-8-4-7-12(21)18-14-13(10-5-2-1-3-6-10)19-15(23-14)22-9-11(17)20/h1-3,5-6H,4,7-9H2,(H2,17,20)(H,18,21). The Morgan fingerprint density at radius 3 is 2.70 bits per heavy atom. The van der Waals surface area contributed by atoms with Crippen molar-refractivity contribution in [3.05, 3.63) is 30.3 Å². The largest absolute Gasteiger partial charge is 0.369 e. The van der Waals surface area contributed by atoms with Gasteiger partial charge in [-0.3, -0.25) is 9.59 Å². The third-order valence-corrected chi connectivity index (χ3v) is 5.19. The third-order valence-electron chi connectivity index (χ3n) is 2.78. The number of hydrogen-bond acceptors (Lipinski definition) is 5. The molecule has 0 aliphatic heterocycles. The first kappa shape index (κ1) is 17.8. The molecule has 5 nitrogen and oxygen atoms in total. The van der Waals surface area contributed by atoms with E-state index < -0.39 is 5.91 Å². The van der Waals surface area contributed by atoms with E-state index in [9.17, 15) is 9.59 Å². The summed E-state index contributed by atoms with van der Waals surface area (Å²) in [6.45, 7) is 0. The van der Waals surface area contributed by atoms with E-state index in [1.54, 1.807) is 0 Å². The SMILES string of the molecule is NC(=O)CSc1nc(-c2ccccc2)c(NC(=O)CCCCl)s1. The van der Waals surface area contributed by atoms with Gasteiger partial charge in [0.15, 0.2) is 4.34 Å². The minimum atomic E-state index is -0.404. The fourth-order valence-electron chi connectivity index (χ4n) is 1.79. The molecule has 3 N–H and O–H groups in total. The van der Waals surface area contributed by atoms with Crippen LogP contribution in [0.5, 0.6) is 0 Å². The molecule has 23 heavy (non-hydrogen) atoms. The number of aromatic nitrogens is 1. The summed E-state index contributed by atoms with van der Waals surface area (Å²) in [6, 6.07) is 9.57. The number of alkyl halides is 1. The molecule has 0 aliphatic rings. The molecule has 0 fully saturated rings. The lowest BCUT2D eigenvalue weighted by Gasteiger charge is -2.04. The zero-order valence-corrected chi connectivity index (χ0v) is 14.6. The maximum atomic E-state index is 12.0. The van der Waals surface area contributed by atoms with Crippen molar-refractivity contribution in [1.82, 2.24) is 4.98 Å². The average molecular weight is 370 g/mol. The number of halogens is 1. The van der Waals surface area contributed by atoms with Gasteiger partial charge in [-0.1, -0.05) is 53.4 Å². The number of thioether (sulfide) groups is 1. The Morgan fingerprint density at radius 2 is 2.04 bits per heavy atom. The second-order valence-corrected chi connectivity index (χ2v) is 7.22. The highest BCUT2D eigenvalue weighted by Crippen LogP contribution is 2.37. The lowest BCUT2D eigenvalue weighted by Crippen LogP contribution is -2.12. The van der Waals surface area contributed by atoms with Crippen LogP contribution in [0.1, 0.15) is 12.8 Å². The Labute approximate surface area is 147 Å². The Hall–Kier alpha value is -1.57. The molecule has 0 aliphatic carbocycles. The van der Waals surface area contributed by atoms with Crippen molar-refractivity contribution in [1.29, 1.82) is 0 Å². The zero-order valence-electron chi connectivity index (χ0n) is 12.3. The number of primary amides is 1. The maximum absolute atomic E-state index is 12.0. The first-order chi connectivity index (χ1) is 11.1. The van der Waals surface area contributed by atoms with Crippen LogP contribution in [-0.4, -0.2) is 28.4 Å². The molecule has 1 heterocycles. The number of carbonyl (C=O) groups is 2. The summed E-state index contributed by atoms with van der Waals surface area (Å²) in [6.07, 6.45) is 0.982. The number of thiazole rings is 1. The van der Waals surface area contributed by atoms with Crippen molar-refractivity contribution < 1.29 is 9.59 Å². The van der Waals surface area contributed by atoms with Crippen LogP contribution >= 0.6 is 34.7 Å². The molecule has 0 saturated heterocycles. The molecule has 1 aromatic carbocycles. The average Bonchev–Trinajstić information content (AvgIpc) is 2.94. The Balaban J connectivity index is 2.23. The monoisotopic (exact) mass is 369 g/mol. The normalized spacial score (nSPS) is 10.5. The van der Waals surface area contributed by atoms with Crippen molar-refractivity contribution in [3.8, 4) is 11.3 Å². The predicted octanol–water partition coefficient (Wildman–Crippen LogP) is 3.35. The number of amides is 2. The minimum absolute atomic E-state index is 0.0991. The quantitative estimate of drug-likeness (QED) is 0.552. The van der Waals surface area contributed by atoms with E-state index in [-0.39, 0.29) is 11.7 Å². The number of nitrogens with one attached hydrogen (secondary N) is 1. The highest BCUT2D eigenvalue weighted by Gasteiger charge is 2.16. The van der Waals surface area contributed by atoms with Crippen LogP contribution in [0.4, 0.5) is 5.00 Å². The van der Waals surface area contributed by atoms with Crippen molar-refractivity contribution in [3.63, 3.8) is 0 Å². The van der Waals surface area contributed by atoms with Crippen LogP contribution in [0.25, 0.3) is 11.3 Å². The molecule has 2 aromatic rings. The van der Waals surface area contributed by atoms with Crippen LogP contribution in [-0.2, 0) is 9.59 Å². The van der Waals surface area contributed by atoms with Crippen LogP contribution in [0.2, 0.25) is 0 Å². The first-order valence-electron chi connectivity index (χ1n) is 6.93. The fourth-order valence-corrected chi connectivity index (χ4v) is 3.74. The summed E-state index contributed by atoms with van der Waals surface area (Å²) in [4.78, 5) is 27.4. The highest BCUT2D eigenvalue weighted by molar-refractivity contribution is 8.01. The van der Waals surface area contributed by atoms with E-state index in [1.807, 2.05) is 30.3 Å². The van der Waals surface area contributed by atoms with Gasteiger partial charge in [0.2, 0.25) is 11.8 Å². The molecule has 0 unspecified atom stereocenters. The van der Waals surface area contributed by atoms with E-state index in [2.05, 4.69) is 10.3 Å². The van der Waals surface area contributed by atoms with Crippen molar-refractivity contribution in [2.24, 2.45) is 5.73 Å². The Morgan fingerprint density at radius 1 is 1.30 bits per heavy atom. The molecule has 0 saturated carbocycles. The number of nitrogens with zero attached hydrogens (tertiary/aromatic N) is 1. The summed E-state index contributed by atoms with van der Waals surface area (Å²) in [5.41, 5.74) is 6.77. The van der Waals surface area contributed by atoms with E-state index in [0.717, 1.165) is 5.56 Å². The van der Waals surface area contributed by atoms with Gasteiger partial charge >= 0.3 is 0 Å². The van der Waals surface area contributed by atoms with E-state index in [0.29, 0.717) is 33.8 Å². The van der Waals surface area contributed by atoms with Gasteiger partial charge in [-0.2, -0.15) is 0 Å². The van der Waals surface area contributed by atoms with Gasteiger partial charge in [0.25, 0.3) is 0 Å². The topological polar surface area (TPSA) is 85.1 Å². The number of anilines is 1. The summed E-state index contributed by atoms with van der Waals surface area (Å²) in [5.74, 6) is 0.0973. The number of hydrogen-bond donors (Lipinski definition) is 2. The first-order valence-corrected chi connectivity index (χ1v) is 9.27. The Kier molecular flexibility index (Phi) is 6.88. The molecular weight excluding hydrogens is 354 g/mol. The van der Waals surface area contributed by atoms with Gasteiger partial charge in [0.1, 0.15) is 10.7 Å². The second-order valence-electron chi connectivity index (χ2n) is 4.62. The molecule has 0 spiro atoms. The smallest absolute Gasteiger partial charge is 0.227 e. The summed E-state index contributed by atoms with van der Waals surface area (Å²) in [7, 11) is 0. The van der Waals surface area contributed by atoms with Crippen molar-refractivity contribution in [2.75, 3.05) is 16.9 Å². The maximum Gasteiger partial charge on any atom is 0.227 e. The highest BCUT2D eigenvalue weighted by atomic mass is 35.5. The number of carbonyl (C=O) groups excluding carboxylic acids is 2. The molecule has 1 aromatic heterocycles. The molecule has 0 atom stereocenters. The molecule has 122 valence electrons. The zero-order chi connectivity index (χ0) is 16.7. The minimum Gasteiger partial charge on any atom is -0.369 e. The second kappa shape index (κ2) is 8.90. The third kappa shape index (κ3) is 5.53. The van der Waals surface area contributed by atoms with Crippen molar-refractivity contribution >= 4 is 51.5 Å². The van der Waals surface area contributed by atoms with Gasteiger partial charge < -0.3 is 11.1 Å². The van der Waals surface area contributed by atoms with Gasteiger partial charge in [0, 0.05) is 17.9 Å². The molecule has 2 amide bonds. The Bertz CT molecular complexity index is 677. The van der Waals surface area contributed by atoms with Crippen molar-refractivity contribution in [2.45, 2.75) is 17.2 Å². The van der Waals surface area contributed by atoms with E-state index in [1.165, 1.54) is 23.1 Å². The summed E-state index contributed by atoms with van der Waals surface area (Å²) < 4.78 is 0.690. The molecule has 8 heteroatoms. The van der Waals surface area contributed by atoms with Crippen LogP contribution < -0.4 is 11.1 Å². The van der Waals surface area contributed by atoms with Crippen LogP contribution in [0, 0.1) is 0 Å². The number of rotatable bonds is 8. The summed E-state index contributed by atoms with van der Waals surface area (Å²) in [5, 5.41) is 3.55. The fraction of sp³-hybridized carbons (Fsp3) is 0.267. The van der Waals surface area contributed by atoms with Crippen LogP contribution in [0.15, 0.2) is 34.7 Å². The molecule has 2 rings (SSSR count). The molecule has 0 bridgehead atoms.